The van der Waals surface area contributed by atoms with Crippen molar-refractivity contribution >= 4 is 5.91 Å². The lowest BCUT2D eigenvalue weighted by Gasteiger charge is -2.43. The van der Waals surface area contributed by atoms with E-state index >= 15 is 8.78 Å². The number of alkyl halides is 2. The molecule has 2 fully saturated rings. The van der Waals surface area contributed by atoms with Gasteiger partial charge in [-0.1, -0.05) is 24.3 Å². The van der Waals surface area contributed by atoms with Gasteiger partial charge in [0, 0.05) is 18.5 Å². The molecule has 0 bridgehead atoms. The molecule has 4 nitrogen and oxygen atoms in total. The maximum Gasteiger partial charge on any atom is 0.267 e. The van der Waals surface area contributed by atoms with Crippen molar-refractivity contribution in [2.24, 2.45) is 5.92 Å². The third-order valence-corrected chi connectivity index (χ3v) is 6.29. The highest BCUT2D eigenvalue weighted by Gasteiger charge is 2.47. The number of piperidine rings is 1. The lowest BCUT2D eigenvalue weighted by molar-refractivity contribution is -0.123. The molecule has 0 aliphatic carbocycles. The third-order valence-electron chi connectivity index (χ3n) is 6.29. The quantitative estimate of drug-likeness (QED) is 0.764. The van der Waals surface area contributed by atoms with Crippen LogP contribution in [0.2, 0.25) is 0 Å². The summed E-state index contributed by atoms with van der Waals surface area (Å²) in [5.74, 6) is -4.52. The van der Waals surface area contributed by atoms with Crippen molar-refractivity contribution in [2.75, 3.05) is 19.6 Å². The van der Waals surface area contributed by atoms with E-state index in [-0.39, 0.29) is 35.9 Å². The number of hydrogen-bond donors (Lipinski definition) is 2. The van der Waals surface area contributed by atoms with E-state index in [0.29, 0.717) is 31.5 Å². The standard InChI is InChI=1S/C23H25F3N2O2/c24-18-5-1-16(2-6-18)21(13-17-9-11-27-22(17)30)28-12-10-20(23(25,26)14-28)15-3-7-19(29)8-4-15/h1-8,17,20-21,29H,9-14H2,(H,27,30)/t17-,20-,21+/m1/s1. The van der Waals surface area contributed by atoms with Crippen molar-refractivity contribution < 1.29 is 23.1 Å². The van der Waals surface area contributed by atoms with Gasteiger partial charge in [0.2, 0.25) is 5.91 Å². The first kappa shape index (κ1) is 20.7. The van der Waals surface area contributed by atoms with Crippen molar-refractivity contribution in [3.8, 4) is 5.75 Å². The van der Waals surface area contributed by atoms with Gasteiger partial charge in [0.25, 0.3) is 5.92 Å². The Labute approximate surface area is 173 Å². The zero-order valence-electron chi connectivity index (χ0n) is 16.5. The molecule has 0 spiro atoms. The molecule has 0 unspecified atom stereocenters. The number of hydrogen-bond acceptors (Lipinski definition) is 3. The molecule has 2 aromatic carbocycles. The molecule has 30 heavy (non-hydrogen) atoms. The van der Waals surface area contributed by atoms with Crippen LogP contribution in [0.15, 0.2) is 48.5 Å². The van der Waals surface area contributed by atoms with Crippen molar-refractivity contribution in [3.63, 3.8) is 0 Å². The number of likely N-dealkylation sites (tertiary alicyclic amines) is 1. The van der Waals surface area contributed by atoms with Crippen LogP contribution in [-0.2, 0) is 4.79 Å². The average Bonchev–Trinajstić information content (AvgIpc) is 3.12. The predicted octanol–water partition coefficient (Wildman–Crippen LogP) is 4.22. The summed E-state index contributed by atoms with van der Waals surface area (Å²) < 4.78 is 43.8. The fraction of sp³-hybridized carbons (Fsp3) is 0.435. The van der Waals surface area contributed by atoms with Crippen LogP contribution in [0.5, 0.6) is 5.75 Å². The van der Waals surface area contributed by atoms with E-state index in [9.17, 15) is 14.3 Å². The average molecular weight is 418 g/mol. The van der Waals surface area contributed by atoms with Gasteiger partial charge in [0.05, 0.1) is 12.5 Å². The molecular formula is C23H25F3N2O2. The second kappa shape index (κ2) is 8.30. The largest absolute Gasteiger partial charge is 0.508 e. The molecule has 1 amide bonds. The van der Waals surface area contributed by atoms with Crippen molar-refractivity contribution in [3.05, 3.63) is 65.5 Å². The lowest BCUT2D eigenvalue weighted by Crippen LogP contribution is -2.49. The second-order valence-corrected chi connectivity index (χ2v) is 8.24. The van der Waals surface area contributed by atoms with Gasteiger partial charge in [0.15, 0.2) is 0 Å². The number of halogens is 3. The van der Waals surface area contributed by atoms with Gasteiger partial charge in [-0.3, -0.25) is 9.69 Å². The van der Waals surface area contributed by atoms with Crippen LogP contribution in [0.3, 0.4) is 0 Å². The highest BCUT2D eigenvalue weighted by Crippen LogP contribution is 2.44. The number of rotatable bonds is 5. The minimum Gasteiger partial charge on any atom is -0.508 e. The molecule has 0 aromatic heterocycles. The first-order valence-corrected chi connectivity index (χ1v) is 10.3. The Morgan fingerprint density at radius 3 is 2.40 bits per heavy atom. The van der Waals surface area contributed by atoms with E-state index < -0.39 is 18.4 Å². The Bertz CT molecular complexity index is 886. The summed E-state index contributed by atoms with van der Waals surface area (Å²) in [5.41, 5.74) is 1.25. The number of phenolic OH excluding ortho intramolecular Hbond substituents is 1. The molecule has 0 saturated carbocycles. The molecule has 2 aliphatic heterocycles. The first-order chi connectivity index (χ1) is 14.3. The van der Waals surface area contributed by atoms with Crippen LogP contribution in [-0.4, -0.2) is 41.5 Å². The highest BCUT2D eigenvalue weighted by atomic mass is 19.3. The molecule has 3 atom stereocenters. The van der Waals surface area contributed by atoms with Gasteiger partial charge in [-0.15, -0.1) is 0 Å². The SMILES string of the molecule is O=C1NCC[C@@H]1C[C@@H](c1ccc(F)cc1)N1CC[C@H](c2ccc(O)cc2)C(F)(F)C1. The predicted molar refractivity (Wildman–Crippen MR) is 107 cm³/mol. The molecule has 4 rings (SSSR count). The van der Waals surface area contributed by atoms with Gasteiger partial charge in [-0.2, -0.15) is 0 Å². The fourth-order valence-electron chi connectivity index (χ4n) is 4.67. The topological polar surface area (TPSA) is 52.6 Å². The fourth-order valence-corrected chi connectivity index (χ4v) is 4.67. The molecular weight excluding hydrogens is 393 g/mol. The number of aromatic hydroxyl groups is 1. The summed E-state index contributed by atoms with van der Waals surface area (Å²) in [5, 5.41) is 12.2. The van der Waals surface area contributed by atoms with Crippen LogP contribution >= 0.6 is 0 Å². The minimum absolute atomic E-state index is 0.0470. The van der Waals surface area contributed by atoms with Crippen molar-refractivity contribution in [1.29, 1.82) is 0 Å². The monoisotopic (exact) mass is 418 g/mol. The normalized spacial score (nSPS) is 25.1. The smallest absolute Gasteiger partial charge is 0.267 e. The Kier molecular flexibility index (Phi) is 5.73. The summed E-state index contributed by atoms with van der Waals surface area (Å²) >= 11 is 0. The Hall–Kier alpha value is -2.54. The highest BCUT2D eigenvalue weighted by molar-refractivity contribution is 5.80. The maximum absolute atomic E-state index is 15.2. The maximum atomic E-state index is 15.2. The van der Waals surface area contributed by atoms with E-state index in [0.717, 1.165) is 5.56 Å². The summed E-state index contributed by atoms with van der Waals surface area (Å²) in [6, 6.07) is 11.5. The van der Waals surface area contributed by atoms with Crippen molar-refractivity contribution in [2.45, 2.75) is 37.1 Å². The number of phenols is 1. The van der Waals surface area contributed by atoms with Gasteiger partial charge < -0.3 is 10.4 Å². The van der Waals surface area contributed by atoms with Gasteiger partial charge in [-0.05, 0) is 61.2 Å². The van der Waals surface area contributed by atoms with E-state index in [2.05, 4.69) is 5.32 Å². The summed E-state index contributed by atoms with van der Waals surface area (Å²) in [6.45, 7) is 0.602. The zero-order valence-corrected chi connectivity index (χ0v) is 16.5. The number of nitrogens with zero attached hydrogens (tertiary/aromatic N) is 1. The number of carbonyl (C=O) groups is 1. The Balaban J connectivity index is 1.57. The van der Waals surface area contributed by atoms with Gasteiger partial charge >= 0.3 is 0 Å². The van der Waals surface area contributed by atoms with Gasteiger partial charge in [-0.25, -0.2) is 13.2 Å². The summed E-state index contributed by atoms with van der Waals surface area (Å²) in [6.07, 6.45) is 1.36. The van der Waals surface area contributed by atoms with E-state index in [1.54, 1.807) is 29.2 Å². The Morgan fingerprint density at radius 2 is 1.80 bits per heavy atom. The number of carbonyl (C=O) groups excluding carboxylic acids is 1. The molecule has 7 heteroatoms. The van der Waals surface area contributed by atoms with Crippen LogP contribution in [0, 0.1) is 11.7 Å². The first-order valence-electron chi connectivity index (χ1n) is 10.3. The van der Waals surface area contributed by atoms with E-state index in [4.69, 9.17) is 0 Å². The third kappa shape index (κ3) is 4.31. The van der Waals surface area contributed by atoms with Gasteiger partial charge in [0.1, 0.15) is 11.6 Å². The lowest BCUT2D eigenvalue weighted by atomic mass is 9.84. The van der Waals surface area contributed by atoms with Crippen LogP contribution in [0.25, 0.3) is 0 Å². The van der Waals surface area contributed by atoms with Crippen LogP contribution in [0.1, 0.15) is 42.3 Å². The summed E-state index contributed by atoms with van der Waals surface area (Å²) in [7, 11) is 0. The molecule has 2 aromatic rings. The molecule has 2 heterocycles. The molecule has 0 radical (unpaired) electrons. The number of nitrogens with one attached hydrogen (secondary N) is 1. The summed E-state index contributed by atoms with van der Waals surface area (Å²) in [4.78, 5) is 13.8. The van der Waals surface area contributed by atoms with E-state index in [1.807, 2.05) is 0 Å². The van der Waals surface area contributed by atoms with E-state index in [1.165, 1.54) is 24.3 Å². The molecule has 2 N–H and O–H groups in total. The molecule has 2 aliphatic rings. The zero-order chi connectivity index (χ0) is 21.3. The Morgan fingerprint density at radius 1 is 1.10 bits per heavy atom. The minimum atomic E-state index is -2.97. The number of benzene rings is 2. The van der Waals surface area contributed by atoms with Crippen molar-refractivity contribution in [1.82, 2.24) is 10.2 Å². The molecule has 2 saturated heterocycles. The van der Waals surface area contributed by atoms with Crippen LogP contribution < -0.4 is 5.32 Å². The molecule has 160 valence electrons. The van der Waals surface area contributed by atoms with Crippen LogP contribution in [0.4, 0.5) is 13.2 Å². The number of amides is 1. The second-order valence-electron chi connectivity index (χ2n) is 8.24.